The van der Waals surface area contributed by atoms with E-state index in [0.29, 0.717) is 18.2 Å². The molecule has 0 aliphatic rings. The number of hydrogen-bond donors (Lipinski definition) is 1. The van der Waals surface area contributed by atoms with Gasteiger partial charge < -0.3 is 14.4 Å². The predicted molar refractivity (Wildman–Crippen MR) is 78.2 cm³/mol. The molecule has 3 aromatic rings. The molecule has 104 valence electrons. The van der Waals surface area contributed by atoms with Crippen molar-refractivity contribution in [1.29, 1.82) is 0 Å². The second-order valence-corrected chi connectivity index (χ2v) is 4.68. The van der Waals surface area contributed by atoms with Gasteiger partial charge in [-0.25, -0.2) is 0 Å². The van der Waals surface area contributed by atoms with Gasteiger partial charge in [0.15, 0.2) is 0 Å². The summed E-state index contributed by atoms with van der Waals surface area (Å²) in [7, 11) is 0. The van der Waals surface area contributed by atoms with Gasteiger partial charge >= 0.3 is 0 Å². The first-order valence-corrected chi connectivity index (χ1v) is 6.68. The lowest BCUT2D eigenvalue weighted by molar-refractivity contribution is 0.348. The number of nitrogens with zero attached hydrogens (tertiary/aromatic N) is 2. The number of rotatable bonds is 3. The van der Waals surface area contributed by atoms with Crippen molar-refractivity contribution in [3.05, 3.63) is 48.7 Å². The van der Waals surface area contributed by atoms with Crippen LogP contribution >= 0.6 is 11.5 Å². The Balaban J connectivity index is 0.000000178. The summed E-state index contributed by atoms with van der Waals surface area (Å²) in [6.45, 7) is 5.81. The van der Waals surface area contributed by atoms with Crippen LogP contribution in [0.3, 0.4) is 0 Å². The third-order valence-corrected chi connectivity index (χ3v) is 3.11. The number of benzene rings is 1. The van der Waals surface area contributed by atoms with E-state index in [0.717, 1.165) is 10.1 Å². The van der Waals surface area contributed by atoms with Gasteiger partial charge in [-0.15, -0.1) is 0 Å². The van der Waals surface area contributed by atoms with Crippen LogP contribution in [0.5, 0.6) is 11.8 Å². The van der Waals surface area contributed by atoms with Gasteiger partial charge in [-0.3, -0.25) is 0 Å². The summed E-state index contributed by atoms with van der Waals surface area (Å²) >= 11 is 1.46. The van der Waals surface area contributed by atoms with Crippen LogP contribution in [0.4, 0.5) is 0 Å². The minimum atomic E-state index is -0.0579. The number of hydrogen-bond acceptors (Lipinski definition) is 6. The van der Waals surface area contributed by atoms with Gasteiger partial charge in [-0.2, -0.15) is 4.37 Å². The van der Waals surface area contributed by atoms with Gasteiger partial charge in [0.1, 0.15) is 12.4 Å². The highest BCUT2D eigenvalue weighted by Gasteiger charge is 2.04. The van der Waals surface area contributed by atoms with Gasteiger partial charge in [-0.05, 0) is 35.7 Å². The maximum absolute atomic E-state index is 8.45. The second kappa shape index (κ2) is 6.72. The summed E-state index contributed by atoms with van der Waals surface area (Å²) in [6.07, 6.45) is 1.72. The summed E-state index contributed by atoms with van der Waals surface area (Å²) < 4.78 is 15.2. The SMILES string of the molecule is C=CCOc1nsc2ccccc12.Cc1cc(O)no1. The summed E-state index contributed by atoms with van der Waals surface area (Å²) in [5.41, 5.74) is 0. The van der Waals surface area contributed by atoms with E-state index in [1.165, 1.54) is 17.6 Å². The average molecular weight is 290 g/mol. The Morgan fingerprint density at radius 2 is 2.25 bits per heavy atom. The first-order valence-electron chi connectivity index (χ1n) is 5.91. The van der Waals surface area contributed by atoms with Gasteiger partial charge in [-0.1, -0.05) is 24.8 Å². The molecule has 0 unspecified atom stereocenters. The van der Waals surface area contributed by atoms with Crippen molar-refractivity contribution in [2.75, 3.05) is 6.61 Å². The van der Waals surface area contributed by atoms with Gasteiger partial charge in [0.05, 0.1) is 10.1 Å². The molecule has 0 radical (unpaired) electrons. The lowest BCUT2D eigenvalue weighted by atomic mass is 10.3. The van der Waals surface area contributed by atoms with Crippen molar-refractivity contribution in [1.82, 2.24) is 9.53 Å². The molecule has 0 atom stereocenters. The highest BCUT2D eigenvalue weighted by Crippen LogP contribution is 2.27. The van der Waals surface area contributed by atoms with Crippen molar-refractivity contribution in [3.8, 4) is 11.8 Å². The molecule has 2 aromatic heterocycles. The van der Waals surface area contributed by atoms with Crippen LogP contribution in [-0.2, 0) is 0 Å². The zero-order valence-electron chi connectivity index (χ0n) is 10.9. The quantitative estimate of drug-likeness (QED) is 0.747. The minimum absolute atomic E-state index is 0.0579. The Bertz CT molecular complexity index is 674. The molecule has 2 heterocycles. The molecule has 1 aromatic carbocycles. The number of aromatic hydroxyl groups is 1. The lowest BCUT2D eigenvalue weighted by Gasteiger charge is -1.97. The van der Waals surface area contributed by atoms with Crippen LogP contribution in [-0.4, -0.2) is 21.2 Å². The number of fused-ring (bicyclic) bond motifs is 1. The Labute approximate surface area is 120 Å². The highest BCUT2D eigenvalue weighted by molar-refractivity contribution is 7.13. The summed E-state index contributed by atoms with van der Waals surface area (Å²) in [4.78, 5) is 0. The molecule has 1 N–H and O–H groups in total. The van der Waals surface area contributed by atoms with Crippen LogP contribution in [0.1, 0.15) is 5.76 Å². The second-order valence-electron chi connectivity index (χ2n) is 3.88. The molecule has 0 bridgehead atoms. The first kappa shape index (κ1) is 14.1. The molecule has 5 nitrogen and oxygen atoms in total. The molecule has 0 saturated carbocycles. The van der Waals surface area contributed by atoms with E-state index >= 15 is 0 Å². The van der Waals surface area contributed by atoms with Crippen LogP contribution in [0.25, 0.3) is 10.1 Å². The van der Waals surface area contributed by atoms with E-state index in [2.05, 4.69) is 20.6 Å². The van der Waals surface area contributed by atoms with Crippen molar-refractivity contribution < 1.29 is 14.4 Å². The van der Waals surface area contributed by atoms with Crippen LogP contribution in [0, 0.1) is 6.92 Å². The third-order valence-electron chi connectivity index (χ3n) is 2.30. The fourth-order valence-corrected chi connectivity index (χ4v) is 2.18. The summed E-state index contributed by atoms with van der Waals surface area (Å²) in [5.74, 6) is 1.27. The molecule has 0 spiro atoms. The molecule has 0 aliphatic carbocycles. The molecule has 20 heavy (non-hydrogen) atoms. The van der Waals surface area contributed by atoms with Crippen molar-refractivity contribution in [3.63, 3.8) is 0 Å². The van der Waals surface area contributed by atoms with E-state index in [1.54, 1.807) is 13.0 Å². The molecule has 0 amide bonds. The average Bonchev–Trinajstić information content (AvgIpc) is 3.03. The maximum atomic E-state index is 8.45. The maximum Gasteiger partial charge on any atom is 0.251 e. The van der Waals surface area contributed by atoms with E-state index < -0.39 is 0 Å². The van der Waals surface area contributed by atoms with Crippen molar-refractivity contribution >= 4 is 21.6 Å². The van der Waals surface area contributed by atoms with Crippen LogP contribution in [0.2, 0.25) is 0 Å². The number of ether oxygens (including phenoxy) is 1. The number of aryl methyl sites for hydroxylation is 1. The fourth-order valence-electron chi connectivity index (χ4n) is 1.46. The van der Waals surface area contributed by atoms with Crippen molar-refractivity contribution in [2.24, 2.45) is 0 Å². The molecular weight excluding hydrogens is 276 g/mol. The molecule has 0 aliphatic heterocycles. The lowest BCUT2D eigenvalue weighted by Crippen LogP contribution is -1.92. The molecule has 0 fully saturated rings. The molecule has 3 rings (SSSR count). The normalized spacial score (nSPS) is 9.85. The van der Waals surface area contributed by atoms with E-state index in [-0.39, 0.29) is 5.88 Å². The predicted octanol–water partition coefficient (Wildman–Crippen LogP) is 3.55. The first-order chi connectivity index (χ1) is 9.70. The smallest absolute Gasteiger partial charge is 0.251 e. The number of aromatic nitrogens is 2. The highest BCUT2D eigenvalue weighted by atomic mass is 32.1. The fraction of sp³-hybridized carbons (Fsp3) is 0.143. The molecule has 0 saturated heterocycles. The Kier molecular flexibility index (Phi) is 4.73. The molecule has 6 heteroatoms. The van der Waals surface area contributed by atoms with Gasteiger partial charge in [0.2, 0.25) is 5.88 Å². The minimum Gasteiger partial charge on any atom is -0.491 e. The zero-order chi connectivity index (χ0) is 14.4. The van der Waals surface area contributed by atoms with E-state index in [1.807, 2.05) is 24.3 Å². The van der Waals surface area contributed by atoms with Crippen molar-refractivity contribution in [2.45, 2.75) is 6.92 Å². The summed E-state index contributed by atoms with van der Waals surface area (Å²) in [5, 5.41) is 12.7. The monoisotopic (exact) mass is 290 g/mol. The third kappa shape index (κ3) is 3.58. The summed E-state index contributed by atoms with van der Waals surface area (Å²) in [6, 6.07) is 9.47. The standard InChI is InChI=1S/C10H9NOS.C4H5NO2/c1-2-7-12-10-8-5-3-4-6-9(8)13-11-10;1-3-2-4(6)5-7-3/h2-6H,1,7H2;2H,1H3,(H,5,6). The molecular formula is C14H14N2O3S. The zero-order valence-corrected chi connectivity index (χ0v) is 11.8. The largest absolute Gasteiger partial charge is 0.491 e. The Morgan fingerprint density at radius 1 is 1.45 bits per heavy atom. The van der Waals surface area contributed by atoms with Gasteiger partial charge in [0, 0.05) is 6.07 Å². The Hall–Kier alpha value is -2.34. The van der Waals surface area contributed by atoms with E-state index in [9.17, 15) is 0 Å². The van der Waals surface area contributed by atoms with E-state index in [4.69, 9.17) is 9.84 Å². The topological polar surface area (TPSA) is 68.4 Å². The van der Waals surface area contributed by atoms with Crippen LogP contribution in [0.15, 0.2) is 47.5 Å². The van der Waals surface area contributed by atoms with Crippen LogP contribution < -0.4 is 4.74 Å². The van der Waals surface area contributed by atoms with Gasteiger partial charge in [0.25, 0.3) is 5.88 Å². The Morgan fingerprint density at radius 3 is 2.85 bits per heavy atom.